The predicted molar refractivity (Wildman–Crippen MR) is 70.6 cm³/mol. The van der Waals surface area contributed by atoms with E-state index in [1.807, 2.05) is 6.92 Å². The van der Waals surface area contributed by atoms with Crippen molar-refractivity contribution < 1.29 is 0 Å². The maximum absolute atomic E-state index is 7.43. The SMILES string of the molecule is CCCCN(CC)c1nc(C)cc(C(=N)N)n1. The molecule has 17 heavy (non-hydrogen) atoms. The van der Waals surface area contributed by atoms with E-state index in [2.05, 4.69) is 28.7 Å². The summed E-state index contributed by atoms with van der Waals surface area (Å²) in [5.74, 6) is 0.662. The zero-order chi connectivity index (χ0) is 12.8. The van der Waals surface area contributed by atoms with Gasteiger partial charge in [0.2, 0.25) is 5.95 Å². The topological polar surface area (TPSA) is 78.9 Å². The number of amidine groups is 1. The molecule has 94 valence electrons. The van der Waals surface area contributed by atoms with Crippen LogP contribution in [0.5, 0.6) is 0 Å². The van der Waals surface area contributed by atoms with Crippen molar-refractivity contribution in [1.82, 2.24) is 9.97 Å². The molecule has 0 aliphatic carbocycles. The van der Waals surface area contributed by atoms with Gasteiger partial charge in [0.1, 0.15) is 11.5 Å². The first-order chi connectivity index (χ1) is 8.08. The number of nitrogens with two attached hydrogens (primary N) is 1. The van der Waals surface area contributed by atoms with Crippen LogP contribution in [0.25, 0.3) is 0 Å². The Morgan fingerprint density at radius 3 is 2.65 bits per heavy atom. The van der Waals surface area contributed by atoms with Crippen LogP contribution >= 0.6 is 0 Å². The van der Waals surface area contributed by atoms with Gasteiger partial charge in [-0.2, -0.15) is 0 Å². The van der Waals surface area contributed by atoms with Crippen molar-refractivity contribution in [3.05, 3.63) is 17.5 Å². The van der Waals surface area contributed by atoms with Crippen LogP contribution in [-0.4, -0.2) is 28.9 Å². The number of aryl methyl sites for hydroxylation is 1. The second-order valence-electron chi connectivity index (χ2n) is 4.04. The van der Waals surface area contributed by atoms with Gasteiger partial charge in [-0.1, -0.05) is 13.3 Å². The Kier molecular flexibility index (Phi) is 4.87. The van der Waals surface area contributed by atoms with Gasteiger partial charge < -0.3 is 10.6 Å². The number of rotatable bonds is 6. The molecule has 0 aliphatic rings. The van der Waals surface area contributed by atoms with Gasteiger partial charge in [0.05, 0.1) is 0 Å². The Morgan fingerprint density at radius 1 is 1.41 bits per heavy atom. The van der Waals surface area contributed by atoms with Gasteiger partial charge in [0.25, 0.3) is 0 Å². The molecule has 0 atom stereocenters. The van der Waals surface area contributed by atoms with Crippen LogP contribution in [-0.2, 0) is 0 Å². The maximum atomic E-state index is 7.43. The fourth-order valence-electron chi connectivity index (χ4n) is 1.58. The molecule has 0 saturated heterocycles. The molecule has 5 heteroatoms. The second-order valence-corrected chi connectivity index (χ2v) is 4.04. The highest BCUT2D eigenvalue weighted by Crippen LogP contribution is 2.11. The Morgan fingerprint density at radius 2 is 2.12 bits per heavy atom. The fourth-order valence-corrected chi connectivity index (χ4v) is 1.58. The van der Waals surface area contributed by atoms with Crippen LogP contribution in [0, 0.1) is 12.3 Å². The first-order valence-electron chi connectivity index (χ1n) is 6.03. The van der Waals surface area contributed by atoms with E-state index in [9.17, 15) is 0 Å². The van der Waals surface area contributed by atoms with Gasteiger partial charge in [-0.15, -0.1) is 0 Å². The zero-order valence-corrected chi connectivity index (χ0v) is 10.8. The zero-order valence-electron chi connectivity index (χ0n) is 10.8. The minimum atomic E-state index is -0.0108. The van der Waals surface area contributed by atoms with Gasteiger partial charge in [0, 0.05) is 18.8 Å². The van der Waals surface area contributed by atoms with Crippen molar-refractivity contribution in [2.75, 3.05) is 18.0 Å². The number of nitrogen functional groups attached to an aromatic ring is 1. The normalized spacial score (nSPS) is 10.3. The van der Waals surface area contributed by atoms with E-state index in [1.54, 1.807) is 6.07 Å². The monoisotopic (exact) mass is 235 g/mol. The summed E-state index contributed by atoms with van der Waals surface area (Å²) < 4.78 is 0. The molecule has 3 N–H and O–H groups in total. The van der Waals surface area contributed by atoms with E-state index in [-0.39, 0.29) is 5.84 Å². The van der Waals surface area contributed by atoms with E-state index in [0.717, 1.165) is 31.6 Å². The van der Waals surface area contributed by atoms with Crippen LogP contribution in [0.15, 0.2) is 6.07 Å². The maximum Gasteiger partial charge on any atom is 0.226 e. The summed E-state index contributed by atoms with van der Waals surface area (Å²) in [7, 11) is 0. The lowest BCUT2D eigenvalue weighted by molar-refractivity contribution is 0.711. The smallest absolute Gasteiger partial charge is 0.226 e. The molecule has 0 radical (unpaired) electrons. The minimum Gasteiger partial charge on any atom is -0.382 e. The number of aromatic nitrogens is 2. The molecular weight excluding hydrogens is 214 g/mol. The minimum absolute atomic E-state index is 0.0108. The standard InChI is InChI=1S/C12H21N5/c1-4-6-7-17(5-2)12-15-9(3)8-10(16-12)11(13)14/h8H,4-7H2,1-3H3,(H3,13,14). The van der Waals surface area contributed by atoms with Crippen LogP contribution in [0.4, 0.5) is 5.95 Å². The lowest BCUT2D eigenvalue weighted by Crippen LogP contribution is -2.27. The molecule has 0 saturated carbocycles. The number of hydrogen-bond donors (Lipinski definition) is 2. The van der Waals surface area contributed by atoms with Crippen molar-refractivity contribution >= 4 is 11.8 Å². The molecule has 0 unspecified atom stereocenters. The summed E-state index contributed by atoms with van der Waals surface area (Å²) in [4.78, 5) is 10.8. The van der Waals surface area contributed by atoms with Crippen molar-refractivity contribution in [3.8, 4) is 0 Å². The lowest BCUT2D eigenvalue weighted by atomic mass is 10.3. The fraction of sp³-hybridized carbons (Fsp3) is 0.583. The van der Waals surface area contributed by atoms with Crippen LogP contribution in [0.3, 0.4) is 0 Å². The quantitative estimate of drug-likeness (QED) is 0.581. The van der Waals surface area contributed by atoms with Gasteiger partial charge in [0.15, 0.2) is 0 Å². The molecule has 1 heterocycles. The summed E-state index contributed by atoms with van der Waals surface area (Å²) >= 11 is 0. The molecule has 0 fully saturated rings. The van der Waals surface area contributed by atoms with E-state index < -0.39 is 0 Å². The van der Waals surface area contributed by atoms with E-state index >= 15 is 0 Å². The van der Waals surface area contributed by atoms with Gasteiger partial charge in [-0.05, 0) is 26.3 Å². The Hall–Kier alpha value is -1.65. The third-order valence-corrected chi connectivity index (χ3v) is 2.56. The van der Waals surface area contributed by atoms with E-state index in [1.165, 1.54) is 0 Å². The van der Waals surface area contributed by atoms with Gasteiger partial charge in [-0.25, -0.2) is 9.97 Å². The van der Waals surface area contributed by atoms with Gasteiger partial charge in [-0.3, -0.25) is 5.41 Å². The summed E-state index contributed by atoms with van der Waals surface area (Å²) in [6, 6.07) is 1.74. The highest BCUT2D eigenvalue weighted by atomic mass is 15.2. The van der Waals surface area contributed by atoms with Crippen LogP contribution < -0.4 is 10.6 Å². The number of nitrogens with one attached hydrogen (secondary N) is 1. The van der Waals surface area contributed by atoms with Crippen molar-refractivity contribution in [2.45, 2.75) is 33.6 Å². The van der Waals surface area contributed by atoms with Crippen molar-refractivity contribution in [1.29, 1.82) is 5.41 Å². The van der Waals surface area contributed by atoms with E-state index in [0.29, 0.717) is 11.6 Å². The Balaban J connectivity index is 2.98. The first-order valence-corrected chi connectivity index (χ1v) is 6.03. The van der Waals surface area contributed by atoms with Crippen molar-refractivity contribution in [2.24, 2.45) is 5.73 Å². The van der Waals surface area contributed by atoms with Gasteiger partial charge >= 0.3 is 0 Å². The molecule has 0 amide bonds. The average molecular weight is 235 g/mol. The predicted octanol–water partition coefficient (Wildman–Crippen LogP) is 1.70. The van der Waals surface area contributed by atoms with Crippen molar-refractivity contribution in [3.63, 3.8) is 0 Å². The summed E-state index contributed by atoms with van der Waals surface area (Å²) in [6.45, 7) is 7.93. The molecule has 0 bridgehead atoms. The molecule has 0 spiro atoms. The number of anilines is 1. The Labute approximate surface area is 103 Å². The third-order valence-electron chi connectivity index (χ3n) is 2.56. The summed E-state index contributed by atoms with van der Waals surface area (Å²) in [6.07, 6.45) is 2.25. The molecule has 1 aromatic rings. The highest BCUT2D eigenvalue weighted by molar-refractivity contribution is 5.93. The molecule has 5 nitrogen and oxygen atoms in total. The number of nitrogens with zero attached hydrogens (tertiary/aromatic N) is 3. The largest absolute Gasteiger partial charge is 0.382 e. The van der Waals surface area contributed by atoms with E-state index in [4.69, 9.17) is 11.1 Å². The average Bonchev–Trinajstić information content (AvgIpc) is 2.29. The number of unbranched alkanes of at least 4 members (excludes halogenated alkanes) is 1. The summed E-state index contributed by atoms with van der Waals surface area (Å²) in [5.41, 5.74) is 6.81. The molecule has 1 rings (SSSR count). The molecule has 0 aromatic carbocycles. The number of hydrogen-bond acceptors (Lipinski definition) is 4. The van der Waals surface area contributed by atoms with Crippen LogP contribution in [0.2, 0.25) is 0 Å². The Bertz CT molecular complexity index is 388. The van der Waals surface area contributed by atoms with Crippen LogP contribution in [0.1, 0.15) is 38.1 Å². The third kappa shape index (κ3) is 3.69. The lowest BCUT2D eigenvalue weighted by Gasteiger charge is -2.21. The highest BCUT2D eigenvalue weighted by Gasteiger charge is 2.10. The second kappa shape index (κ2) is 6.18. The first kappa shape index (κ1) is 13.4. The molecular formula is C12H21N5. The molecule has 0 aliphatic heterocycles. The summed E-state index contributed by atoms with van der Waals surface area (Å²) in [5, 5.41) is 7.43. The molecule has 1 aromatic heterocycles.